The van der Waals surface area contributed by atoms with Crippen LogP contribution in [0, 0.1) is 0 Å². The highest BCUT2D eigenvalue weighted by Gasteiger charge is 2.41. The van der Waals surface area contributed by atoms with Gasteiger partial charge in [-0.2, -0.15) is 34.8 Å². The monoisotopic (exact) mass is 537 g/mol. The van der Waals surface area contributed by atoms with Gasteiger partial charge in [0.05, 0.1) is 34.9 Å². The molecule has 0 aromatic heterocycles. The molecule has 1 unspecified atom stereocenters. The average molecular weight is 538 g/mol. The van der Waals surface area contributed by atoms with E-state index in [1.807, 2.05) is 0 Å². The van der Waals surface area contributed by atoms with Gasteiger partial charge in [-0.25, -0.2) is 0 Å². The molecule has 0 bridgehead atoms. The fourth-order valence-corrected chi connectivity index (χ4v) is 5.08. The Morgan fingerprint density at radius 2 is 1.47 bits per heavy atom. The molecule has 5 nitrogen and oxygen atoms in total. The van der Waals surface area contributed by atoms with Crippen LogP contribution in [-0.4, -0.2) is 26.7 Å². The van der Waals surface area contributed by atoms with E-state index < -0.39 is 62.6 Å². The second-order valence-electron chi connectivity index (χ2n) is 9.00. The largest absolute Gasteiger partial charge is 0.416 e. The lowest BCUT2D eigenvalue weighted by Crippen LogP contribution is -2.50. The predicted molar refractivity (Wildman–Crippen MR) is 119 cm³/mol. The molecule has 0 saturated heterocycles. The van der Waals surface area contributed by atoms with Crippen LogP contribution in [0.2, 0.25) is 0 Å². The Balaban J connectivity index is 1.92. The van der Waals surface area contributed by atoms with Gasteiger partial charge in [0.2, 0.25) is 5.91 Å². The first-order valence-corrected chi connectivity index (χ1v) is 12.9. The number of benzene rings is 2. The maximum atomic E-state index is 13.3. The molecule has 1 amide bonds. The summed E-state index contributed by atoms with van der Waals surface area (Å²) >= 11 is 0. The normalized spacial score (nSPS) is 22.2. The SMILES string of the molecule is CC(C(=O)N[C@]1(c2ccccc2)CC[C@H](OS(C)(=O)=O)CC1)c1cc(C(F)(F)F)cc(C(F)(F)F)c1. The maximum Gasteiger partial charge on any atom is 0.416 e. The summed E-state index contributed by atoms with van der Waals surface area (Å²) in [5.41, 5.74) is -3.74. The smallest absolute Gasteiger partial charge is 0.346 e. The number of nitrogens with one attached hydrogen (secondary N) is 1. The summed E-state index contributed by atoms with van der Waals surface area (Å²) < 4.78 is 108. The third-order valence-corrected chi connectivity index (χ3v) is 6.91. The minimum atomic E-state index is -5.03. The molecule has 3 rings (SSSR count). The van der Waals surface area contributed by atoms with Crippen molar-refractivity contribution in [2.45, 2.75) is 62.5 Å². The Hall–Kier alpha value is -2.60. The molecule has 1 N–H and O–H groups in total. The van der Waals surface area contributed by atoms with Crippen molar-refractivity contribution in [3.63, 3.8) is 0 Å². The quantitative estimate of drug-likeness (QED) is 0.376. The molecule has 2 aromatic carbocycles. The van der Waals surface area contributed by atoms with E-state index in [1.54, 1.807) is 30.3 Å². The van der Waals surface area contributed by atoms with Crippen molar-refractivity contribution in [3.8, 4) is 0 Å². The number of rotatable bonds is 6. The van der Waals surface area contributed by atoms with Crippen molar-refractivity contribution in [1.82, 2.24) is 5.32 Å². The summed E-state index contributed by atoms with van der Waals surface area (Å²) in [5.74, 6) is -2.09. The molecule has 1 aliphatic rings. The van der Waals surface area contributed by atoms with E-state index in [2.05, 4.69) is 5.32 Å². The van der Waals surface area contributed by atoms with Gasteiger partial charge in [-0.15, -0.1) is 0 Å². The number of carbonyl (C=O) groups is 1. The molecule has 0 radical (unpaired) electrons. The van der Waals surface area contributed by atoms with Gasteiger partial charge in [-0.1, -0.05) is 30.3 Å². The summed E-state index contributed by atoms with van der Waals surface area (Å²) in [6.45, 7) is 1.24. The third-order valence-electron chi connectivity index (χ3n) is 6.29. The molecular weight excluding hydrogens is 512 g/mol. The van der Waals surface area contributed by atoms with Crippen molar-refractivity contribution in [2.24, 2.45) is 0 Å². The summed E-state index contributed by atoms with van der Waals surface area (Å²) in [4.78, 5) is 13.2. The third kappa shape index (κ3) is 6.78. The van der Waals surface area contributed by atoms with Crippen LogP contribution in [-0.2, 0) is 37.0 Å². The fourth-order valence-electron chi connectivity index (χ4n) is 4.39. The lowest BCUT2D eigenvalue weighted by Gasteiger charge is -2.41. The summed E-state index contributed by atoms with van der Waals surface area (Å²) in [7, 11) is -3.70. The van der Waals surface area contributed by atoms with Crippen LogP contribution in [0.3, 0.4) is 0 Å². The summed E-state index contributed by atoms with van der Waals surface area (Å²) in [6, 6.07) is 9.81. The predicted octanol–water partition coefficient (Wildman–Crippen LogP) is 5.76. The highest BCUT2D eigenvalue weighted by molar-refractivity contribution is 7.86. The van der Waals surface area contributed by atoms with Gasteiger partial charge in [0, 0.05) is 0 Å². The van der Waals surface area contributed by atoms with Gasteiger partial charge in [-0.05, 0) is 61.9 Å². The number of hydrogen-bond acceptors (Lipinski definition) is 4. The lowest BCUT2D eigenvalue weighted by molar-refractivity contribution is -0.143. The zero-order chi connectivity index (χ0) is 26.9. The van der Waals surface area contributed by atoms with Crippen LogP contribution in [0.5, 0.6) is 0 Å². The van der Waals surface area contributed by atoms with Gasteiger partial charge in [0.15, 0.2) is 0 Å². The van der Waals surface area contributed by atoms with Gasteiger partial charge in [0.25, 0.3) is 10.1 Å². The molecule has 0 spiro atoms. The van der Waals surface area contributed by atoms with Crippen LogP contribution in [0.1, 0.15) is 60.8 Å². The highest BCUT2D eigenvalue weighted by atomic mass is 32.2. The van der Waals surface area contributed by atoms with Crippen LogP contribution < -0.4 is 5.32 Å². The van der Waals surface area contributed by atoms with Crippen LogP contribution in [0.25, 0.3) is 0 Å². The van der Waals surface area contributed by atoms with E-state index in [0.29, 0.717) is 17.7 Å². The first-order chi connectivity index (χ1) is 16.5. The number of amides is 1. The number of halogens is 6. The summed E-state index contributed by atoms with van der Waals surface area (Å²) in [6.07, 6.45) is -8.71. The molecule has 0 aliphatic heterocycles. The van der Waals surface area contributed by atoms with Gasteiger partial charge in [0.1, 0.15) is 0 Å². The second kappa shape index (κ2) is 10.0. The Bertz CT molecular complexity index is 1160. The van der Waals surface area contributed by atoms with Crippen molar-refractivity contribution in [3.05, 3.63) is 70.8 Å². The van der Waals surface area contributed by atoms with E-state index in [0.717, 1.165) is 6.26 Å². The van der Waals surface area contributed by atoms with Crippen molar-refractivity contribution in [2.75, 3.05) is 6.26 Å². The van der Waals surface area contributed by atoms with E-state index in [-0.39, 0.29) is 31.7 Å². The standard InChI is InChI=1S/C24H25F6NO4S/c1-15(16-12-18(23(25,26)27)14-19(13-16)24(28,29)30)21(32)31-22(17-6-4-3-5-7-17)10-8-20(9-11-22)35-36(2,33)34/h3-7,12-15,20H,8-11H2,1-2H3,(H,31,32)/t15?,20-,22+. The molecule has 2 aromatic rings. The number of carbonyl (C=O) groups excluding carboxylic acids is 1. The van der Waals surface area contributed by atoms with Crippen molar-refractivity contribution >= 4 is 16.0 Å². The molecule has 1 atom stereocenters. The van der Waals surface area contributed by atoms with Crippen LogP contribution in [0.15, 0.2) is 48.5 Å². The Kier molecular flexibility index (Phi) is 7.81. The fraction of sp³-hybridized carbons (Fsp3) is 0.458. The first-order valence-electron chi connectivity index (χ1n) is 11.1. The van der Waals surface area contributed by atoms with Crippen LogP contribution >= 0.6 is 0 Å². The summed E-state index contributed by atoms with van der Waals surface area (Å²) in [5, 5.41) is 2.84. The van der Waals surface area contributed by atoms with Crippen molar-refractivity contribution in [1.29, 1.82) is 0 Å². The lowest BCUT2D eigenvalue weighted by atomic mass is 9.75. The number of hydrogen-bond donors (Lipinski definition) is 1. The van der Waals surface area contributed by atoms with Crippen LogP contribution in [0.4, 0.5) is 26.3 Å². The van der Waals surface area contributed by atoms with Gasteiger partial charge < -0.3 is 5.32 Å². The zero-order valence-corrected chi connectivity index (χ0v) is 20.2. The molecule has 1 aliphatic carbocycles. The topological polar surface area (TPSA) is 72.5 Å². The molecule has 0 heterocycles. The van der Waals surface area contributed by atoms with E-state index >= 15 is 0 Å². The molecule has 12 heteroatoms. The molecular formula is C24H25F6NO4S. The number of alkyl halides is 6. The minimum absolute atomic E-state index is 0.0165. The van der Waals surface area contributed by atoms with Gasteiger partial charge >= 0.3 is 12.4 Å². The second-order valence-corrected chi connectivity index (χ2v) is 10.6. The molecule has 36 heavy (non-hydrogen) atoms. The molecule has 1 saturated carbocycles. The maximum absolute atomic E-state index is 13.3. The zero-order valence-electron chi connectivity index (χ0n) is 19.4. The Morgan fingerprint density at radius 3 is 1.92 bits per heavy atom. The Labute approximate surface area is 205 Å². The van der Waals surface area contributed by atoms with Crippen molar-refractivity contribution < 1.29 is 43.7 Å². The highest BCUT2D eigenvalue weighted by Crippen LogP contribution is 2.41. The first kappa shape index (κ1) is 28.0. The van der Waals surface area contributed by atoms with E-state index in [1.165, 1.54) is 6.92 Å². The average Bonchev–Trinajstić information content (AvgIpc) is 2.78. The minimum Gasteiger partial charge on any atom is -0.346 e. The Morgan fingerprint density at radius 1 is 0.972 bits per heavy atom. The van der Waals surface area contributed by atoms with E-state index in [4.69, 9.17) is 4.18 Å². The van der Waals surface area contributed by atoms with E-state index in [9.17, 15) is 39.6 Å². The molecule has 198 valence electrons. The van der Waals surface area contributed by atoms with Gasteiger partial charge in [-0.3, -0.25) is 8.98 Å². The molecule has 1 fully saturated rings.